The van der Waals surface area contributed by atoms with Gasteiger partial charge in [0.15, 0.2) is 10.7 Å². The van der Waals surface area contributed by atoms with Crippen molar-refractivity contribution in [1.82, 2.24) is 4.90 Å². The number of benzene rings is 1. The Bertz CT molecular complexity index is 547. The van der Waals surface area contributed by atoms with Gasteiger partial charge in [0, 0.05) is 19.0 Å². The average molecular weight is 274 g/mol. The lowest BCUT2D eigenvalue weighted by molar-refractivity contribution is -0.132. The predicted molar refractivity (Wildman–Crippen MR) is 77.2 cm³/mol. The maximum atomic E-state index is 12.4. The molecule has 0 bridgehead atoms. The molecule has 0 spiro atoms. The monoisotopic (exact) mass is 274 g/mol. The number of aliphatic hydroxyl groups excluding tert-OH is 1. The molecule has 5 nitrogen and oxygen atoms in total. The van der Waals surface area contributed by atoms with Gasteiger partial charge in [0.25, 0.3) is 0 Å². The van der Waals surface area contributed by atoms with Crippen LogP contribution in [-0.2, 0) is 11.3 Å². The largest absolute Gasteiger partial charge is 0.505 e. The maximum absolute atomic E-state index is 12.4. The molecular weight excluding hydrogens is 254 g/mol. The second-order valence-corrected chi connectivity index (χ2v) is 5.58. The normalized spacial score (nSPS) is 12.3. The summed E-state index contributed by atoms with van der Waals surface area (Å²) in [5.41, 5.74) is 0.151. The van der Waals surface area contributed by atoms with E-state index in [0.29, 0.717) is 6.54 Å². The molecule has 0 aliphatic heterocycles. The molecule has 0 aliphatic carbocycles. The van der Waals surface area contributed by atoms with Crippen molar-refractivity contribution in [3.8, 4) is 0 Å². The number of hydrogen-bond donors (Lipinski definition) is 1. The molecular formula is C15H20N3O2+. The maximum Gasteiger partial charge on any atom is 0.485 e. The van der Waals surface area contributed by atoms with Crippen LogP contribution in [0.5, 0.6) is 0 Å². The van der Waals surface area contributed by atoms with E-state index in [4.69, 9.17) is 5.39 Å². The molecule has 0 saturated carbocycles. The summed E-state index contributed by atoms with van der Waals surface area (Å²) in [7, 11) is 0. The number of nitrogens with zero attached hydrogens (tertiary/aromatic N) is 3. The first-order valence-electron chi connectivity index (χ1n) is 6.38. The molecule has 1 aromatic carbocycles. The van der Waals surface area contributed by atoms with E-state index in [1.165, 1.54) is 6.92 Å². The van der Waals surface area contributed by atoms with E-state index in [1.54, 1.807) is 4.90 Å². The summed E-state index contributed by atoms with van der Waals surface area (Å²) in [6.45, 7) is 7.34. The molecule has 0 atom stereocenters. The summed E-state index contributed by atoms with van der Waals surface area (Å²) in [6, 6.07) is 9.52. The van der Waals surface area contributed by atoms with E-state index < -0.39 is 11.4 Å². The van der Waals surface area contributed by atoms with Crippen molar-refractivity contribution < 1.29 is 9.90 Å². The van der Waals surface area contributed by atoms with Crippen LogP contribution >= 0.6 is 0 Å². The SMILES string of the molecule is C/C(O)=C(\[N+]#N)C(=O)N(Cc1ccccc1)C(C)(C)C. The molecule has 1 rings (SSSR count). The van der Waals surface area contributed by atoms with Gasteiger partial charge in [0.2, 0.25) is 5.39 Å². The molecule has 1 N–H and O–H groups in total. The molecule has 0 heterocycles. The summed E-state index contributed by atoms with van der Waals surface area (Å²) in [5, 5.41) is 18.3. The Hall–Kier alpha value is -2.35. The van der Waals surface area contributed by atoms with Gasteiger partial charge in [-0.05, 0) is 26.3 Å². The van der Waals surface area contributed by atoms with Gasteiger partial charge in [-0.15, -0.1) is 0 Å². The summed E-state index contributed by atoms with van der Waals surface area (Å²) < 4.78 is 0. The van der Waals surface area contributed by atoms with Crippen molar-refractivity contribution in [2.75, 3.05) is 0 Å². The van der Waals surface area contributed by atoms with Crippen molar-refractivity contribution in [3.05, 3.63) is 52.3 Å². The van der Waals surface area contributed by atoms with E-state index >= 15 is 0 Å². The second-order valence-electron chi connectivity index (χ2n) is 5.58. The zero-order chi connectivity index (χ0) is 15.3. The minimum atomic E-state index is -0.510. The van der Waals surface area contributed by atoms with Crippen molar-refractivity contribution in [3.63, 3.8) is 0 Å². The first-order chi connectivity index (χ1) is 9.27. The van der Waals surface area contributed by atoms with E-state index in [0.717, 1.165) is 5.56 Å². The van der Waals surface area contributed by atoms with Crippen LogP contribution in [0.3, 0.4) is 0 Å². The van der Waals surface area contributed by atoms with Gasteiger partial charge in [-0.1, -0.05) is 30.3 Å². The lowest BCUT2D eigenvalue weighted by atomic mass is 10.0. The van der Waals surface area contributed by atoms with E-state index in [-0.39, 0.29) is 11.5 Å². The number of rotatable bonds is 3. The predicted octanol–water partition coefficient (Wildman–Crippen LogP) is 3.46. The number of hydrogen-bond acceptors (Lipinski definition) is 3. The summed E-state index contributed by atoms with van der Waals surface area (Å²) >= 11 is 0. The van der Waals surface area contributed by atoms with Crippen molar-refractivity contribution >= 4 is 5.91 Å². The van der Waals surface area contributed by atoms with Crippen molar-refractivity contribution in [2.24, 2.45) is 0 Å². The molecule has 106 valence electrons. The number of carbonyl (C=O) groups excluding carboxylic acids is 1. The van der Waals surface area contributed by atoms with Crippen LogP contribution in [0.1, 0.15) is 33.3 Å². The molecule has 5 heteroatoms. The standard InChI is InChI=1S/C15H19N3O2/c1-11(19)13(17-16)14(20)18(15(2,3)4)10-12-8-6-5-7-9-12/h5-9H,10H2,1-4H3/p+1. The number of allylic oxidation sites excluding steroid dienone is 1. The molecule has 0 fully saturated rings. The highest BCUT2D eigenvalue weighted by Gasteiger charge is 2.37. The average Bonchev–Trinajstić information content (AvgIpc) is 2.36. The number of aliphatic hydroxyl groups is 1. The van der Waals surface area contributed by atoms with Gasteiger partial charge in [-0.2, -0.15) is 0 Å². The smallest absolute Gasteiger partial charge is 0.485 e. The highest BCUT2D eigenvalue weighted by atomic mass is 16.3. The third kappa shape index (κ3) is 3.82. The second kappa shape index (κ2) is 6.20. The third-order valence-corrected chi connectivity index (χ3v) is 2.88. The van der Waals surface area contributed by atoms with Gasteiger partial charge >= 0.3 is 11.6 Å². The fourth-order valence-corrected chi connectivity index (χ4v) is 1.78. The minimum Gasteiger partial charge on any atom is -0.505 e. The Morgan fingerprint density at radius 1 is 1.30 bits per heavy atom. The van der Waals surface area contributed by atoms with Gasteiger partial charge in [-0.3, -0.25) is 4.79 Å². The van der Waals surface area contributed by atoms with Gasteiger partial charge in [-0.25, -0.2) is 0 Å². The summed E-state index contributed by atoms with van der Waals surface area (Å²) in [4.78, 5) is 16.9. The Morgan fingerprint density at radius 3 is 2.25 bits per heavy atom. The Balaban J connectivity index is 3.13. The van der Waals surface area contributed by atoms with Gasteiger partial charge < -0.3 is 10.0 Å². The molecule has 0 aromatic heterocycles. The quantitative estimate of drug-likeness (QED) is 0.521. The highest BCUT2D eigenvalue weighted by Crippen LogP contribution is 2.21. The zero-order valence-electron chi connectivity index (χ0n) is 12.3. The topological polar surface area (TPSA) is 68.7 Å². The van der Waals surface area contributed by atoms with Crippen LogP contribution in [0, 0.1) is 5.39 Å². The fraction of sp³-hybridized carbons (Fsp3) is 0.400. The molecule has 1 aromatic rings. The molecule has 1 amide bonds. The first-order valence-corrected chi connectivity index (χ1v) is 6.38. The van der Waals surface area contributed by atoms with Crippen LogP contribution in [0.15, 0.2) is 41.8 Å². The molecule has 20 heavy (non-hydrogen) atoms. The van der Waals surface area contributed by atoms with Gasteiger partial charge in [0.1, 0.15) is 0 Å². The molecule has 0 unspecified atom stereocenters. The van der Waals surface area contributed by atoms with Crippen LogP contribution in [0.4, 0.5) is 0 Å². The van der Waals surface area contributed by atoms with E-state index in [9.17, 15) is 9.90 Å². The lowest BCUT2D eigenvalue weighted by Crippen LogP contribution is -2.45. The number of carbonyl (C=O) groups is 1. The molecule has 0 saturated heterocycles. The van der Waals surface area contributed by atoms with Crippen LogP contribution in [0.2, 0.25) is 0 Å². The fourth-order valence-electron chi connectivity index (χ4n) is 1.78. The number of diazo groups is 1. The van der Waals surface area contributed by atoms with Crippen LogP contribution in [-0.4, -0.2) is 21.5 Å². The Morgan fingerprint density at radius 2 is 1.85 bits per heavy atom. The van der Waals surface area contributed by atoms with E-state index in [1.807, 2.05) is 51.1 Å². The summed E-state index contributed by atoms with van der Waals surface area (Å²) in [5.74, 6) is -0.816. The third-order valence-electron chi connectivity index (χ3n) is 2.88. The van der Waals surface area contributed by atoms with E-state index in [2.05, 4.69) is 4.98 Å². The van der Waals surface area contributed by atoms with Crippen LogP contribution < -0.4 is 0 Å². The first kappa shape index (κ1) is 15.7. The Kier molecular flexibility index (Phi) is 4.87. The lowest BCUT2D eigenvalue weighted by Gasteiger charge is -2.34. The van der Waals surface area contributed by atoms with Crippen molar-refractivity contribution in [1.29, 1.82) is 5.39 Å². The minimum absolute atomic E-state index is 0.306. The number of amides is 1. The molecule has 0 aliphatic rings. The zero-order valence-corrected chi connectivity index (χ0v) is 12.3. The molecule has 0 radical (unpaired) electrons. The Labute approximate surface area is 119 Å². The van der Waals surface area contributed by atoms with Crippen molar-refractivity contribution in [2.45, 2.75) is 39.8 Å². The van der Waals surface area contributed by atoms with Gasteiger partial charge in [0.05, 0.1) is 0 Å². The van der Waals surface area contributed by atoms with Crippen LogP contribution in [0.25, 0.3) is 4.98 Å². The summed E-state index contributed by atoms with van der Waals surface area (Å²) in [6.07, 6.45) is 0. The highest BCUT2D eigenvalue weighted by molar-refractivity contribution is 5.95.